The summed E-state index contributed by atoms with van der Waals surface area (Å²) in [5.41, 5.74) is 0.903. The molecule has 60 valence electrons. The molecule has 2 aromatic rings. The second-order valence-corrected chi connectivity index (χ2v) is 2.13. The molecule has 2 aromatic heterocycles. The third-order valence-electron chi connectivity index (χ3n) is 1.31. The molecule has 1 N–H and O–H groups in total. The Morgan fingerprint density at radius 3 is 3.08 bits per heavy atom. The Morgan fingerprint density at radius 1 is 1.42 bits per heavy atom. The molecule has 2 rings (SSSR count). The zero-order valence-electron chi connectivity index (χ0n) is 6.14. The standard InChI is InChI=1S/C7H6N4O/c1(6-3-8-4-9-6)2-7-10-5-12-11-7/h1-5H,(H,8,9). The molecule has 0 bridgehead atoms. The minimum atomic E-state index is 0.546. The van der Waals surface area contributed by atoms with Gasteiger partial charge in [-0.15, -0.1) is 0 Å². The summed E-state index contributed by atoms with van der Waals surface area (Å²) in [7, 11) is 0. The first kappa shape index (κ1) is 6.78. The molecule has 0 aliphatic carbocycles. The van der Waals surface area contributed by atoms with Gasteiger partial charge in [0.1, 0.15) is 0 Å². The van der Waals surface area contributed by atoms with Crippen LogP contribution in [0.15, 0.2) is 23.4 Å². The van der Waals surface area contributed by atoms with Gasteiger partial charge >= 0.3 is 0 Å². The fourth-order valence-electron chi connectivity index (χ4n) is 0.774. The lowest BCUT2D eigenvalue weighted by Gasteiger charge is -1.79. The van der Waals surface area contributed by atoms with E-state index in [9.17, 15) is 0 Å². The normalized spacial score (nSPS) is 11.0. The highest BCUT2D eigenvalue weighted by Crippen LogP contribution is 1.99. The Morgan fingerprint density at radius 2 is 2.42 bits per heavy atom. The first-order valence-corrected chi connectivity index (χ1v) is 3.38. The van der Waals surface area contributed by atoms with Gasteiger partial charge in [0.05, 0.1) is 18.2 Å². The summed E-state index contributed by atoms with van der Waals surface area (Å²) in [6.45, 7) is 0. The van der Waals surface area contributed by atoms with E-state index in [2.05, 4.69) is 24.6 Å². The van der Waals surface area contributed by atoms with Gasteiger partial charge in [0.15, 0.2) is 5.82 Å². The van der Waals surface area contributed by atoms with Crippen LogP contribution in [0.5, 0.6) is 0 Å². The van der Waals surface area contributed by atoms with E-state index < -0.39 is 0 Å². The van der Waals surface area contributed by atoms with E-state index in [4.69, 9.17) is 0 Å². The van der Waals surface area contributed by atoms with Gasteiger partial charge in [-0.1, -0.05) is 5.16 Å². The largest absolute Gasteiger partial charge is 0.345 e. The molecule has 0 saturated heterocycles. The summed E-state index contributed by atoms with van der Waals surface area (Å²) >= 11 is 0. The predicted molar refractivity (Wildman–Crippen MR) is 41.8 cm³/mol. The maximum absolute atomic E-state index is 4.55. The summed E-state index contributed by atoms with van der Waals surface area (Å²) in [6, 6.07) is 0. The fourth-order valence-corrected chi connectivity index (χ4v) is 0.774. The number of imidazole rings is 1. The van der Waals surface area contributed by atoms with E-state index in [1.54, 1.807) is 18.6 Å². The smallest absolute Gasteiger partial charge is 0.214 e. The Balaban J connectivity index is 2.14. The van der Waals surface area contributed by atoms with Crippen LogP contribution in [0.25, 0.3) is 12.2 Å². The number of H-pyrrole nitrogens is 1. The summed E-state index contributed by atoms with van der Waals surface area (Å²) in [6.07, 6.45) is 8.15. The number of rotatable bonds is 2. The molecular weight excluding hydrogens is 156 g/mol. The van der Waals surface area contributed by atoms with Crippen LogP contribution in [-0.4, -0.2) is 20.1 Å². The molecule has 2 heterocycles. The molecule has 0 atom stereocenters. The SMILES string of the molecule is C(=Cc1cnc[nH]1)c1ncon1. The van der Waals surface area contributed by atoms with Gasteiger partial charge in [0, 0.05) is 0 Å². The van der Waals surface area contributed by atoms with Crippen molar-refractivity contribution in [2.24, 2.45) is 0 Å². The van der Waals surface area contributed by atoms with Crippen LogP contribution in [0.4, 0.5) is 0 Å². The van der Waals surface area contributed by atoms with Crippen LogP contribution >= 0.6 is 0 Å². The minimum absolute atomic E-state index is 0.546. The molecule has 0 fully saturated rings. The minimum Gasteiger partial charge on any atom is -0.345 e. The van der Waals surface area contributed by atoms with Gasteiger partial charge in [-0.05, 0) is 12.2 Å². The van der Waals surface area contributed by atoms with Crippen molar-refractivity contribution in [1.82, 2.24) is 20.1 Å². The Kier molecular flexibility index (Phi) is 1.69. The van der Waals surface area contributed by atoms with E-state index in [1.807, 2.05) is 6.08 Å². The van der Waals surface area contributed by atoms with Crippen LogP contribution < -0.4 is 0 Å². The van der Waals surface area contributed by atoms with Gasteiger partial charge in [-0.25, -0.2) is 4.98 Å². The maximum atomic E-state index is 4.55. The fraction of sp³-hybridized carbons (Fsp3) is 0. The molecule has 0 saturated carbocycles. The van der Waals surface area contributed by atoms with Gasteiger partial charge in [-0.3, -0.25) is 0 Å². The first-order chi connectivity index (χ1) is 5.95. The Labute approximate surface area is 68.1 Å². The summed E-state index contributed by atoms with van der Waals surface area (Å²) in [5, 5.41) is 3.61. The van der Waals surface area contributed by atoms with Gasteiger partial charge in [-0.2, -0.15) is 4.98 Å². The van der Waals surface area contributed by atoms with Crippen LogP contribution in [0.3, 0.4) is 0 Å². The van der Waals surface area contributed by atoms with Crippen molar-refractivity contribution in [2.75, 3.05) is 0 Å². The lowest BCUT2D eigenvalue weighted by atomic mass is 10.4. The molecule has 0 amide bonds. The second-order valence-electron chi connectivity index (χ2n) is 2.13. The number of aromatic nitrogens is 4. The molecule has 12 heavy (non-hydrogen) atoms. The number of nitrogens with one attached hydrogen (secondary N) is 1. The van der Waals surface area contributed by atoms with E-state index in [0.29, 0.717) is 5.82 Å². The monoisotopic (exact) mass is 162 g/mol. The van der Waals surface area contributed by atoms with Crippen LogP contribution in [0, 0.1) is 0 Å². The lowest BCUT2D eigenvalue weighted by molar-refractivity contribution is 0.415. The van der Waals surface area contributed by atoms with Crippen molar-refractivity contribution in [1.29, 1.82) is 0 Å². The molecule has 5 nitrogen and oxygen atoms in total. The van der Waals surface area contributed by atoms with Crippen molar-refractivity contribution in [2.45, 2.75) is 0 Å². The molecule has 0 aliphatic rings. The van der Waals surface area contributed by atoms with Gasteiger partial charge in [0.25, 0.3) is 0 Å². The molecule has 0 radical (unpaired) electrons. The number of nitrogens with zero attached hydrogens (tertiary/aromatic N) is 3. The third kappa shape index (κ3) is 1.39. The molecule has 0 aromatic carbocycles. The Hall–Kier alpha value is -1.91. The van der Waals surface area contributed by atoms with Crippen molar-refractivity contribution < 1.29 is 4.52 Å². The highest BCUT2D eigenvalue weighted by Gasteiger charge is 1.90. The number of aromatic amines is 1. The van der Waals surface area contributed by atoms with E-state index in [0.717, 1.165) is 5.69 Å². The first-order valence-electron chi connectivity index (χ1n) is 3.38. The highest BCUT2D eigenvalue weighted by atomic mass is 16.5. The summed E-state index contributed by atoms with van der Waals surface area (Å²) < 4.78 is 4.55. The zero-order chi connectivity index (χ0) is 8.23. The summed E-state index contributed by atoms with van der Waals surface area (Å²) in [4.78, 5) is 10.6. The van der Waals surface area contributed by atoms with E-state index >= 15 is 0 Å². The summed E-state index contributed by atoms with van der Waals surface area (Å²) in [5.74, 6) is 0.546. The third-order valence-corrected chi connectivity index (χ3v) is 1.31. The number of hydrogen-bond donors (Lipinski definition) is 1. The molecule has 0 spiro atoms. The zero-order valence-corrected chi connectivity index (χ0v) is 6.14. The lowest BCUT2D eigenvalue weighted by Crippen LogP contribution is -1.73. The molecule has 5 heteroatoms. The quantitative estimate of drug-likeness (QED) is 0.714. The van der Waals surface area contributed by atoms with Crippen molar-refractivity contribution >= 4 is 12.2 Å². The second kappa shape index (κ2) is 3.00. The topological polar surface area (TPSA) is 67.6 Å². The average Bonchev–Trinajstić information content (AvgIpc) is 2.74. The highest BCUT2D eigenvalue weighted by molar-refractivity contribution is 5.63. The van der Waals surface area contributed by atoms with Crippen LogP contribution in [-0.2, 0) is 0 Å². The molecule has 0 unspecified atom stereocenters. The predicted octanol–water partition coefficient (Wildman–Crippen LogP) is 0.963. The van der Waals surface area contributed by atoms with Gasteiger partial charge < -0.3 is 9.51 Å². The number of hydrogen-bond acceptors (Lipinski definition) is 4. The molecular formula is C7H6N4O. The Bertz CT molecular complexity index is 312. The average molecular weight is 162 g/mol. The van der Waals surface area contributed by atoms with Crippen LogP contribution in [0.2, 0.25) is 0 Å². The van der Waals surface area contributed by atoms with Crippen molar-refractivity contribution in [3.8, 4) is 0 Å². The van der Waals surface area contributed by atoms with Crippen molar-refractivity contribution in [3.63, 3.8) is 0 Å². The van der Waals surface area contributed by atoms with Gasteiger partial charge in [0.2, 0.25) is 6.39 Å². The maximum Gasteiger partial charge on any atom is 0.214 e. The molecule has 0 aliphatic heterocycles. The van der Waals surface area contributed by atoms with E-state index in [-0.39, 0.29) is 0 Å². The van der Waals surface area contributed by atoms with Crippen molar-refractivity contribution in [3.05, 3.63) is 30.4 Å². The van der Waals surface area contributed by atoms with E-state index in [1.165, 1.54) is 6.39 Å². The van der Waals surface area contributed by atoms with Crippen LogP contribution in [0.1, 0.15) is 11.5 Å².